The van der Waals surface area contributed by atoms with Gasteiger partial charge in [0.2, 0.25) is 0 Å². The summed E-state index contributed by atoms with van der Waals surface area (Å²) < 4.78 is 5.83. The minimum absolute atomic E-state index is 0.424. The molecule has 1 fully saturated rings. The Morgan fingerprint density at radius 3 is 2.67 bits per heavy atom. The van der Waals surface area contributed by atoms with Gasteiger partial charge in [0.1, 0.15) is 5.75 Å². The van der Waals surface area contributed by atoms with Crippen molar-refractivity contribution < 1.29 is 4.74 Å². The summed E-state index contributed by atoms with van der Waals surface area (Å²) in [5.74, 6) is 0.950. The summed E-state index contributed by atoms with van der Waals surface area (Å²) in [6.07, 6.45) is 2.78. The lowest BCUT2D eigenvalue weighted by Gasteiger charge is -2.16. The summed E-state index contributed by atoms with van der Waals surface area (Å²) in [5.41, 5.74) is 7.93. The van der Waals surface area contributed by atoms with Gasteiger partial charge in [-0.1, -0.05) is 6.07 Å². The van der Waals surface area contributed by atoms with E-state index in [1.807, 2.05) is 20.2 Å². The molecule has 82 valence electrons. The molecule has 0 atom stereocenters. The van der Waals surface area contributed by atoms with Crippen LogP contribution < -0.4 is 15.4 Å². The number of hydrogen-bond donors (Lipinski definition) is 1. The first-order valence-electron chi connectivity index (χ1n) is 5.37. The fraction of sp³-hybridized carbons (Fsp3) is 0.500. The Balaban J connectivity index is 2.24. The van der Waals surface area contributed by atoms with Gasteiger partial charge in [0.25, 0.3) is 0 Å². The van der Waals surface area contributed by atoms with Crippen LogP contribution in [0.25, 0.3) is 0 Å². The first-order valence-corrected chi connectivity index (χ1v) is 5.37. The maximum atomic E-state index is 5.83. The summed E-state index contributed by atoms with van der Waals surface area (Å²) in [7, 11) is 4.05. The van der Waals surface area contributed by atoms with Crippen LogP contribution >= 0.6 is 0 Å². The molecule has 0 radical (unpaired) electrons. The lowest BCUT2D eigenvalue weighted by atomic mass is 10.1. The van der Waals surface area contributed by atoms with Crippen LogP contribution in [0.3, 0.4) is 0 Å². The van der Waals surface area contributed by atoms with Gasteiger partial charge >= 0.3 is 0 Å². The number of rotatable bonds is 4. The van der Waals surface area contributed by atoms with Gasteiger partial charge in [0.15, 0.2) is 0 Å². The number of nitrogens with zero attached hydrogens (tertiary/aromatic N) is 1. The zero-order chi connectivity index (χ0) is 10.8. The van der Waals surface area contributed by atoms with Crippen molar-refractivity contribution in [3.8, 4) is 5.75 Å². The minimum Gasteiger partial charge on any atom is -0.490 e. The highest BCUT2D eigenvalue weighted by molar-refractivity contribution is 5.53. The molecule has 0 spiro atoms. The van der Waals surface area contributed by atoms with E-state index < -0.39 is 0 Å². The van der Waals surface area contributed by atoms with Crippen molar-refractivity contribution in [3.63, 3.8) is 0 Å². The molecule has 0 bridgehead atoms. The molecule has 0 amide bonds. The van der Waals surface area contributed by atoms with Crippen LogP contribution in [-0.2, 0) is 6.54 Å². The molecule has 0 unspecified atom stereocenters. The van der Waals surface area contributed by atoms with Crippen molar-refractivity contribution in [2.24, 2.45) is 5.73 Å². The van der Waals surface area contributed by atoms with Crippen molar-refractivity contribution in [1.82, 2.24) is 0 Å². The van der Waals surface area contributed by atoms with Crippen LogP contribution in [0.15, 0.2) is 18.2 Å². The number of anilines is 1. The van der Waals surface area contributed by atoms with Gasteiger partial charge in [-0.25, -0.2) is 0 Å². The van der Waals surface area contributed by atoms with Gasteiger partial charge in [0, 0.05) is 38.0 Å². The van der Waals surface area contributed by atoms with Gasteiger partial charge in [-0.3, -0.25) is 0 Å². The fourth-order valence-electron chi connectivity index (χ4n) is 1.47. The first-order chi connectivity index (χ1) is 7.20. The summed E-state index contributed by atoms with van der Waals surface area (Å²) in [6, 6.07) is 6.19. The molecule has 3 nitrogen and oxygen atoms in total. The van der Waals surface area contributed by atoms with Gasteiger partial charge in [-0.2, -0.15) is 0 Å². The molecule has 3 heteroatoms. The maximum Gasteiger partial charge on any atom is 0.126 e. The molecule has 1 aromatic rings. The van der Waals surface area contributed by atoms with E-state index in [9.17, 15) is 0 Å². The second-order valence-corrected chi connectivity index (χ2v) is 4.21. The van der Waals surface area contributed by atoms with Crippen LogP contribution in [0.4, 0.5) is 5.69 Å². The lowest BCUT2D eigenvalue weighted by molar-refractivity contribution is 0.300. The van der Waals surface area contributed by atoms with Gasteiger partial charge in [-0.15, -0.1) is 0 Å². The second kappa shape index (κ2) is 4.11. The molecular weight excluding hydrogens is 188 g/mol. The average molecular weight is 206 g/mol. The molecule has 1 saturated carbocycles. The number of nitrogens with two attached hydrogens (primary N) is 1. The molecule has 1 aliphatic carbocycles. The Kier molecular flexibility index (Phi) is 2.82. The predicted octanol–water partition coefficient (Wildman–Crippen LogP) is 1.75. The standard InChI is InChI=1S/C12H18N2O/c1-14(2)10-4-3-9(8-13)12(7-10)15-11-5-6-11/h3-4,7,11H,5-6,8,13H2,1-2H3. The monoisotopic (exact) mass is 206 g/mol. The third-order valence-corrected chi connectivity index (χ3v) is 2.61. The second-order valence-electron chi connectivity index (χ2n) is 4.21. The van der Waals surface area contributed by atoms with Crippen molar-refractivity contribution in [2.45, 2.75) is 25.5 Å². The van der Waals surface area contributed by atoms with Crippen molar-refractivity contribution in [1.29, 1.82) is 0 Å². The smallest absolute Gasteiger partial charge is 0.126 e. The molecule has 0 aromatic heterocycles. The zero-order valence-corrected chi connectivity index (χ0v) is 9.36. The zero-order valence-electron chi connectivity index (χ0n) is 9.36. The van der Waals surface area contributed by atoms with Gasteiger partial charge < -0.3 is 15.4 Å². The van der Waals surface area contributed by atoms with Crippen LogP contribution in [0, 0.1) is 0 Å². The van der Waals surface area contributed by atoms with Crippen LogP contribution in [0.5, 0.6) is 5.75 Å². The molecule has 2 N–H and O–H groups in total. The summed E-state index contributed by atoms with van der Waals surface area (Å²) in [4.78, 5) is 2.07. The highest BCUT2D eigenvalue weighted by Gasteiger charge is 2.24. The van der Waals surface area contributed by atoms with Crippen molar-refractivity contribution in [2.75, 3.05) is 19.0 Å². The van der Waals surface area contributed by atoms with Crippen LogP contribution in [0.1, 0.15) is 18.4 Å². The molecule has 0 heterocycles. The molecule has 1 aromatic carbocycles. The van der Waals surface area contributed by atoms with E-state index in [-0.39, 0.29) is 0 Å². The Bertz CT molecular complexity index is 345. The van der Waals surface area contributed by atoms with Crippen molar-refractivity contribution >= 4 is 5.69 Å². The summed E-state index contributed by atoms with van der Waals surface area (Å²) >= 11 is 0. The third kappa shape index (κ3) is 2.42. The number of hydrogen-bond acceptors (Lipinski definition) is 3. The predicted molar refractivity (Wildman–Crippen MR) is 62.3 cm³/mol. The Morgan fingerprint density at radius 1 is 1.40 bits per heavy atom. The minimum atomic E-state index is 0.424. The molecule has 1 aliphatic rings. The molecule has 0 aliphatic heterocycles. The largest absolute Gasteiger partial charge is 0.490 e. The normalized spacial score (nSPS) is 15.1. The van der Waals surface area contributed by atoms with E-state index in [4.69, 9.17) is 10.5 Å². The van der Waals surface area contributed by atoms with Crippen LogP contribution in [0.2, 0.25) is 0 Å². The lowest BCUT2D eigenvalue weighted by Crippen LogP contribution is -2.10. The van der Waals surface area contributed by atoms with Gasteiger partial charge in [0.05, 0.1) is 6.10 Å². The van der Waals surface area contributed by atoms with E-state index in [1.165, 1.54) is 12.8 Å². The number of benzene rings is 1. The van der Waals surface area contributed by atoms with E-state index in [2.05, 4.69) is 17.0 Å². The highest BCUT2D eigenvalue weighted by atomic mass is 16.5. The van der Waals surface area contributed by atoms with E-state index in [1.54, 1.807) is 0 Å². The summed E-state index contributed by atoms with van der Waals surface area (Å²) in [5, 5.41) is 0. The van der Waals surface area contributed by atoms with Crippen molar-refractivity contribution in [3.05, 3.63) is 23.8 Å². The number of ether oxygens (including phenoxy) is 1. The van der Waals surface area contributed by atoms with Crippen LogP contribution in [-0.4, -0.2) is 20.2 Å². The van der Waals surface area contributed by atoms with E-state index in [0.29, 0.717) is 12.6 Å². The molecule has 2 rings (SSSR count). The quantitative estimate of drug-likeness (QED) is 0.815. The Hall–Kier alpha value is -1.22. The fourth-order valence-corrected chi connectivity index (χ4v) is 1.47. The first kappa shape index (κ1) is 10.3. The van der Waals surface area contributed by atoms with Gasteiger partial charge in [-0.05, 0) is 18.9 Å². The topological polar surface area (TPSA) is 38.5 Å². The van der Waals surface area contributed by atoms with E-state index >= 15 is 0 Å². The molecule has 15 heavy (non-hydrogen) atoms. The average Bonchev–Trinajstić information content (AvgIpc) is 3.01. The Labute approximate surface area is 90.8 Å². The molecule has 0 saturated heterocycles. The highest BCUT2D eigenvalue weighted by Crippen LogP contribution is 2.31. The molecular formula is C12H18N2O. The van der Waals surface area contributed by atoms with E-state index in [0.717, 1.165) is 17.0 Å². The Morgan fingerprint density at radius 2 is 2.13 bits per heavy atom. The summed E-state index contributed by atoms with van der Waals surface area (Å²) in [6.45, 7) is 0.537. The third-order valence-electron chi connectivity index (χ3n) is 2.61. The maximum absolute atomic E-state index is 5.83. The SMILES string of the molecule is CN(C)c1ccc(CN)c(OC2CC2)c1.